The van der Waals surface area contributed by atoms with E-state index in [4.69, 9.17) is 9.47 Å². The van der Waals surface area contributed by atoms with Gasteiger partial charge in [-0.05, 0) is 45.0 Å². The van der Waals surface area contributed by atoms with Crippen molar-refractivity contribution in [3.05, 3.63) is 24.3 Å². The Morgan fingerprint density at radius 3 is 2.21 bits per heavy atom. The van der Waals surface area contributed by atoms with Crippen LogP contribution >= 0.6 is 11.8 Å². The summed E-state index contributed by atoms with van der Waals surface area (Å²) >= 11 is 1.38. The second kappa shape index (κ2) is 6.61. The molecular weight excluding hydrogens is 264 g/mol. The van der Waals surface area contributed by atoms with Gasteiger partial charge in [0.1, 0.15) is 11.4 Å². The Kier molecular flexibility index (Phi) is 5.42. The smallest absolute Gasteiger partial charge is 0.316 e. The molecule has 4 nitrogen and oxygen atoms in total. The third kappa shape index (κ3) is 6.86. The van der Waals surface area contributed by atoms with Crippen LogP contribution in [-0.4, -0.2) is 23.3 Å². The highest BCUT2D eigenvalue weighted by atomic mass is 32.2. The first-order valence-corrected chi connectivity index (χ1v) is 6.88. The maximum Gasteiger partial charge on any atom is 0.316 e. The topological polar surface area (TPSA) is 52.6 Å². The molecule has 0 N–H and O–H groups in total. The summed E-state index contributed by atoms with van der Waals surface area (Å²) in [6.45, 7) is 6.86. The number of hydrogen-bond acceptors (Lipinski definition) is 5. The quantitative estimate of drug-likeness (QED) is 0.482. The highest BCUT2D eigenvalue weighted by Crippen LogP contribution is 2.22. The van der Waals surface area contributed by atoms with Crippen LogP contribution in [0.4, 0.5) is 0 Å². The number of carbonyl (C=O) groups is 2. The lowest BCUT2D eigenvalue weighted by molar-refractivity contribution is -0.151. The summed E-state index contributed by atoms with van der Waals surface area (Å²) in [5.41, 5.74) is -0.461. The molecule has 0 radical (unpaired) electrons. The fourth-order valence-electron chi connectivity index (χ4n) is 1.28. The minimum atomic E-state index is -0.461. The van der Waals surface area contributed by atoms with E-state index in [0.717, 1.165) is 4.90 Å². The molecule has 1 rings (SSSR count). The monoisotopic (exact) mass is 282 g/mol. The van der Waals surface area contributed by atoms with E-state index in [1.165, 1.54) is 18.7 Å². The molecule has 19 heavy (non-hydrogen) atoms. The van der Waals surface area contributed by atoms with Crippen LogP contribution in [0.2, 0.25) is 0 Å². The van der Waals surface area contributed by atoms with Crippen LogP contribution in [0.5, 0.6) is 5.75 Å². The standard InChI is InChI=1S/C14H18O4S/c1-10(15)17-11-5-7-12(8-6-11)19-9-13(16)18-14(2,3)4/h5-8H,9H2,1-4H3. The summed E-state index contributed by atoms with van der Waals surface area (Å²) in [6.07, 6.45) is 0. The van der Waals surface area contributed by atoms with Gasteiger partial charge in [0, 0.05) is 11.8 Å². The van der Waals surface area contributed by atoms with E-state index >= 15 is 0 Å². The Morgan fingerprint density at radius 2 is 1.74 bits per heavy atom. The molecule has 0 amide bonds. The lowest BCUT2D eigenvalue weighted by Crippen LogP contribution is -2.24. The highest BCUT2D eigenvalue weighted by molar-refractivity contribution is 8.00. The lowest BCUT2D eigenvalue weighted by Gasteiger charge is -2.19. The second-order valence-corrected chi connectivity index (χ2v) is 5.99. The molecule has 1 aromatic carbocycles. The summed E-state index contributed by atoms with van der Waals surface area (Å²) < 4.78 is 10.1. The Bertz CT molecular complexity index is 446. The van der Waals surface area contributed by atoms with Crippen molar-refractivity contribution >= 4 is 23.7 Å². The Morgan fingerprint density at radius 1 is 1.16 bits per heavy atom. The van der Waals surface area contributed by atoms with Crippen molar-refractivity contribution in [3.63, 3.8) is 0 Å². The predicted octanol–water partition coefficient (Wildman–Crippen LogP) is 3.05. The minimum Gasteiger partial charge on any atom is -0.459 e. The molecule has 0 aliphatic rings. The summed E-state index contributed by atoms with van der Waals surface area (Å²) in [5, 5.41) is 0. The van der Waals surface area contributed by atoms with Gasteiger partial charge in [0.15, 0.2) is 0 Å². The van der Waals surface area contributed by atoms with Crippen molar-refractivity contribution in [2.24, 2.45) is 0 Å². The highest BCUT2D eigenvalue weighted by Gasteiger charge is 2.16. The zero-order chi connectivity index (χ0) is 14.5. The minimum absolute atomic E-state index is 0.249. The first-order chi connectivity index (χ1) is 8.76. The normalized spacial score (nSPS) is 10.9. The van der Waals surface area contributed by atoms with Crippen LogP contribution in [0.3, 0.4) is 0 Å². The second-order valence-electron chi connectivity index (χ2n) is 4.94. The number of benzene rings is 1. The Balaban J connectivity index is 2.46. The predicted molar refractivity (Wildman–Crippen MR) is 74.3 cm³/mol. The molecule has 0 aliphatic heterocycles. The fourth-order valence-corrected chi connectivity index (χ4v) is 1.96. The van der Waals surface area contributed by atoms with E-state index in [9.17, 15) is 9.59 Å². The lowest BCUT2D eigenvalue weighted by atomic mass is 10.2. The first-order valence-electron chi connectivity index (χ1n) is 5.89. The Labute approximate surface area is 117 Å². The molecule has 0 unspecified atom stereocenters. The van der Waals surface area contributed by atoms with Gasteiger partial charge >= 0.3 is 11.9 Å². The zero-order valence-electron chi connectivity index (χ0n) is 11.6. The summed E-state index contributed by atoms with van der Waals surface area (Å²) in [5.74, 6) is 0.148. The van der Waals surface area contributed by atoms with E-state index in [1.54, 1.807) is 24.3 Å². The van der Waals surface area contributed by atoms with E-state index < -0.39 is 5.60 Å². The molecule has 0 heterocycles. The average molecular weight is 282 g/mol. The molecule has 0 bridgehead atoms. The SMILES string of the molecule is CC(=O)Oc1ccc(SCC(=O)OC(C)(C)C)cc1. The third-order valence-corrected chi connectivity index (χ3v) is 2.85. The van der Waals surface area contributed by atoms with E-state index in [1.807, 2.05) is 20.8 Å². The van der Waals surface area contributed by atoms with Crippen LogP contribution in [0.1, 0.15) is 27.7 Å². The molecule has 104 valence electrons. The van der Waals surface area contributed by atoms with Crippen LogP contribution < -0.4 is 4.74 Å². The fraction of sp³-hybridized carbons (Fsp3) is 0.429. The molecule has 1 aromatic rings. The van der Waals surface area contributed by atoms with Crippen molar-refractivity contribution in [2.75, 3.05) is 5.75 Å². The molecule has 0 spiro atoms. The zero-order valence-corrected chi connectivity index (χ0v) is 12.4. The van der Waals surface area contributed by atoms with Gasteiger partial charge in [-0.2, -0.15) is 0 Å². The van der Waals surface area contributed by atoms with Crippen molar-refractivity contribution < 1.29 is 19.1 Å². The van der Waals surface area contributed by atoms with Crippen LogP contribution in [0.25, 0.3) is 0 Å². The number of esters is 2. The molecule has 0 saturated heterocycles. The molecule has 0 saturated carbocycles. The van der Waals surface area contributed by atoms with Crippen molar-refractivity contribution in [2.45, 2.75) is 38.2 Å². The van der Waals surface area contributed by atoms with Gasteiger partial charge in [-0.1, -0.05) is 0 Å². The summed E-state index contributed by atoms with van der Waals surface area (Å²) in [6, 6.07) is 6.98. The summed E-state index contributed by atoms with van der Waals surface area (Å²) in [7, 11) is 0. The molecular formula is C14H18O4S. The van der Waals surface area contributed by atoms with Crippen molar-refractivity contribution in [1.29, 1.82) is 0 Å². The van der Waals surface area contributed by atoms with Gasteiger partial charge in [0.25, 0.3) is 0 Å². The van der Waals surface area contributed by atoms with Crippen molar-refractivity contribution in [1.82, 2.24) is 0 Å². The van der Waals surface area contributed by atoms with Gasteiger partial charge < -0.3 is 9.47 Å². The number of rotatable bonds is 4. The number of ether oxygens (including phenoxy) is 2. The van der Waals surface area contributed by atoms with Gasteiger partial charge in [0.2, 0.25) is 0 Å². The molecule has 0 fully saturated rings. The molecule has 0 aliphatic carbocycles. The van der Waals surface area contributed by atoms with Crippen LogP contribution in [0, 0.1) is 0 Å². The molecule has 5 heteroatoms. The van der Waals surface area contributed by atoms with Gasteiger partial charge in [-0.25, -0.2) is 0 Å². The van der Waals surface area contributed by atoms with Crippen LogP contribution in [-0.2, 0) is 14.3 Å². The number of carbonyl (C=O) groups excluding carboxylic acids is 2. The maximum atomic E-state index is 11.5. The molecule has 0 atom stereocenters. The van der Waals surface area contributed by atoms with E-state index in [2.05, 4.69) is 0 Å². The number of thioether (sulfide) groups is 1. The third-order valence-electron chi connectivity index (χ3n) is 1.86. The number of hydrogen-bond donors (Lipinski definition) is 0. The van der Waals surface area contributed by atoms with E-state index in [0.29, 0.717) is 5.75 Å². The maximum absolute atomic E-state index is 11.5. The molecule has 0 aromatic heterocycles. The largest absolute Gasteiger partial charge is 0.459 e. The van der Waals surface area contributed by atoms with Gasteiger partial charge in [0.05, 0.1) is 5.75 Å². The average Bonchev–Trinajstić information content (AvgIpc) is 2.25. The van der Waals surface area contributed by atoms with Gasteiger partial charge in [-0.3, -0.25) is 9.59 Å². The van der Waals surface area contributed by atoms with Gasteiger partial charge in [-0.15, -0.1) is 11.8 Å². The van der Waals surface area contributed by atoms with Crippen molar-refractivity contribution in [3.8, 4) is 5.75 Å². The van der Waals surface area contributed by atoms with E-state index in [-0.39, 0.29) is 17.7 Å². The summed E-state index contributed by atoms with van der Waals surface area (Å²) in [4.78, 5) is 23.2. The Hall–Kier alpha value is -1.49. The first kappa shape index (κ1) is 15.6. The van der Waals surface area contributed by atoms with Crippen LogP contribution in [0.15, 0.2) is 29.2 Å².